The number of hydrogen-bond donors (Lipinski definition) is 2. The van der Waals surface area contributed by atoms with Crippen LogP contribution in [-0.2, 0) is 0 Å². The summed E-state index contributed by atoms with van der Waals surface area (Å²) < 4.78 is 0. The Bertz CT molecular complexity index is 1250. The van der Waals surface area contributed by atoms with Gasteiger partial charge in [0.2, 0.25) is 0 Å². The standard InChI is InChI=1S/C22H13Cl2N3O3S/c23-15-10-9-12(11-16(15)24)19(28)26-22(31)25-17-8-4-7-14-18(17)21(30)27(20(14)29)13-5-2-1-3-6-13/h1-11H,(H2,25,26,28,31). The fraction of sp³-hybridized carbons (Fsp3) is 0. The maximum absolute atomic E-state index is 13.0. The van der Waals surface area contributed by atoms with E-state index < -0.39 is 17.7 Å². The zero-order chi connectivity index (χ0) is 22.1. The normalized spacial score (nSPS) is 12.5. The first-order valence-corrected chi connectivity index (χ1v) is 10.2. The van der Waals surface area contributed by atoms with Gasteiger partial charge in [0.05, 0.1) is 32.5 Å². The Morgan fingerprint density at radius 3 is 2.32 bits per heavy atom. The summed E-state index contributed by atoms with van der Waals surface area (Å²) in [6, 6.07) is 17.9. The molecule has 4 rings (SSSR count). The Labute approximate surface area is 192 Å². The smallest absolute Gasteiger partial charge is 0.268 e. The number of para-hydroxylation sites is 1. The van der Waals surface area contributed by atoms with Crippen LogP contribution in [0.5, 0.6) is 0 Å². The van der Waals surface area contributed by atoms with E-state index in [2.05, 4.69) is 10.6 Å². The molecule has 0 radical (unpaired) electrons. The van der Waals surface area contributed by atoms with Crippen molar-refractivity contribution in [2.45, 2.75) is 0 Å². The van der Waals surface area contributed by atoms with Gasteiger partial charge in [0.15, 0.2) is 5.11 Å². The molecule has 0 saturated heterocycles. The van der Waals surface area contributed by atoms with Crippen LogP contribution < -0.4 is 15.5 Å². The minimum absolute atomic E-state index is 0.0390. The quantitative estimate of drug-likeness (QED) is 0.420. The number of thiocarbonyl (C=S) groups is 1. The second-order valence-corrected chi connectivity index (χ2v) is 7.77. The van der Waals surface area contributed by atoms with Crippen LogP contribution in [-0.4, -0.2) is 22.8 Å². The molecule has 31 heavy (non-hydrogen) atoms. The Hall–Kier alpha value is -3.26. The van der Waals surface area contributed by atoms with Gasteiger partial charge in [-0.2, -0.15) is 0 Å². The van der Waals surface area contributed by atoms with E-state index in [0.717, 1.165) is 4.90 Å². The molecule has 0 fully saturated rings. The molecule has 0 bridgehead atoms. The van der Waals surface area contributed by atoms with Crippen molar-refractivity contribution in [3.8, 4) is 0 Å². The predicted molar refractivity (Wildman–Crippen MR) is 124 cm³/mol. The van der Waals surface area contributed by atoms with Crippen LogP contribution in [0, 0.1) is 0 Å². The van der Waals surface area contributed by atoms with Crippen molar-refractivity contribution in [2.24, 2.45) is 0 Å². The van der Waals surface area contributed by atoms with Crippen LogP contribution >= 0.6 is 35.4 Å². The summed E-state index contributed by atoms with van der Waals surface area (Å²) in [6.45, 7) is 0. The molecular weight excluding hydrogens is 457 g/mol. The molecule has 3 aromatic rings. The van der Waals surface area contributed by atoms with Gasteiger partial charge in [0.25, 0.3) is 17.7 Å². The van der Waals surface area contributed by atoms with Crippen LogP contribution in [0.4, 0.5) is 11.4 Å². The van der Waals surface area contributed by atoms with Crippen molar-refractivity contribution in [2.75, 3.05) is 10.2 Å². The first kappa shape index (κ1) is 21.0. The van der Waals surface area contributed by atoms with Gasteiger partial charge in [-0.1, -0.05) is 47.5 Å². The summed E-state index contributed by atoms with van der Waals surface area (Å²) in [6.07, 6.45) is 0. The van der Waals surface area contributed by atoms with Gasteiger partial charge in [-0.3, -0.25) is 19.7 Å². The molecule has 3 amide bonds. The summed E-state index contributed by atoms with van der Waals surface area (Å²) in [5.41, 5.74) is 1.47. The van der Waals surface area contributed by atoms with Crippen LogP contribution in [0.2, 0.25) is 10.0 Å². The second-order valence-electron chi connectivity index (χ2n) is 6.55. The Kier molecular flexibility index (Phi) is 5.73. The average molecular weight is 470 g/mol. The number of imide groups is 1. The Balaban J connectivity index is 1.56. The van der Waals surface area contributed by atoms with Crippen LogP contribution in [0.25, 0.3) is 0 Å². The topological polar surface area (TPSA) is 78.5 Å². The lowest BCUT2D eigenvalue weighted by Gasteiger charge is -2.14. The van der Waals surface area contributed by atoms with Crippen molar-refractivity contribution >= 4 is 69.6 Å². The number of rotatable bonds is 3. The molecule has 0 atom stereocenters. The zero-order valence-electron chi connectivity index (χ0n) is 15.7. The van der Waals surface area contributed by atoms with E-state index in [-0.39, 0.29) is 26.8 Å². The maximum atomic E-state index is 13.0. The molecular formula is C22H13Cl2N3O3S. The molecule has 0 aromatic heterocycles. The fourth-order valence-electron chi connectivity index (χ4n) is 3.17. The third kappa shape index (κ3) is 4.03. The lowest BCUT2D eigenvalue weighted by molar-refractivity contribution is 0.0924. The number of carbonyl (C=O) groups excluding carboxylic acids is 3. The molecule has 1 heterocycles. The largest absolute Gasteiger partial charge is 0.332 e. The van der Waals surface area contributed by atoms with E-state index >= 15 is 0 Å². The van der Waals surface area contributed by atoms with Gasteiger partial charge >= 0.3 is 0 Å². The molecule has 2 N–H and O–H groups in total. The summed E-state index contributed by atoms with van der Waals surface area (Å²) in [5, 5.41) is 5.87. The van der Waals surface area contributed by atoms with Gasteiger partial charge in [-0.15, -0.1) is 0 Å². The van der Waals surface area contributed by atoms with Gasteiger partial charge in [-0.05, 0) is 54.7 Å². The summed E-state index contributed by atoms with van der Waals surface area (Å²) in [7, 11) is 0. The fourth-order valence-corrected chi connectivity index (χ4v) is 3.67. The number of nitrogens with one attached hydrogen (secondary N) is 2. The van der Waals surface area contributed by atoms with Gasteiger partial charge < -0.3 is 5.32 Å². The number of amides is 3. The molecule has 0 spiro atoms. The molecule has 9 heteroatoms. The van der Waals surface area contributed by atoms with E-state index in [0.29, 0.717) is 16.4 Å². The number of halogens is 2. The minimum atomic E-state index is -0.503. The Morgan fingerprint density at radius 2 is 1.61 bits per heavy atom. The van der Waals surface area contributed by atoms with Crippen molar-refractivity contribution in [3.05, 3.63) is 93.5 Å². The van der Waals surface area contributed by atoms with Crippen LogP contribution in [0.15, 0.2) is 66.7 Å². The predicted octanol–water partition coefficient (Wildman–Crippen LogP) is 4.92. The van der Waals surface area contributed by atoms with E-state index in [4.69, 9.17) is 35.4 Å². The number of nitrogens with zero attached hydrogens (tertiary/aromatic N) is 1. The molecule has 154 valence electrons. The van der Waals surface area contributed by atoms with Crippen LogP contribution in [0.1, 0.15) is 31.1 Å². The van der Waals surface area contributed by atoms with E-state index in [1.54, 1.807) is 48.5 Å². The van der Waals surface area contributed by atoms with E-state index in [1.165, 1.54) is 18.2 Å². The molecule has 1 aliphatic heterocycles. The molecule has 0 unspecified atom stereocenters. The highest BCUT2D eigenvalue weighted by Crippen LogP contribution is 2.32. The summed E-state index contributed by atoms with van der Waals surface area (Å²) >= 11 is 17.0. The van der Waals surface area contributed by atoms with Crippen molar-refractivity contribution in [1.29, 1.82) is 0 Å². The average Bonchev–Trinajstić information content (AvgIpc) is 3.01. The number of benzene rings is 3. The van der Waals surface area contributed by atoms with E-state index in [9.17, 15) is 14.4 Å². The third-order valence-electron chi connectivity index (χ3n) is 4.59. The highest BCUT2D eigenvalue weighted by Gasteiger charge is 2.38. The summed E-state index contributed by atoms with van der Waals surface area (Å²) in [5.74, 6) is -1.41. The summed E-state index contributed by atoms with van der Waals surface area (Å²) in [4.78, 5) is 39.4. The molecule has 1 aliphatic rings. The third-order valence-corrected chi connectivity index (χ3v) is 5.53. The molecule has 0 aliphatic carbocycles. The highest BCUT2D eigenvalue weighted by molar-refractivity contribution is 7.80. The minimum Gasteiger partial charge on any atom is -0.332 e. The number of carbonyl (C=O) groups is 3. The molecule has 0 saturated carbocycles. The number of fused-ring (bicyclic) bond motifs is 1. The zero-order valence-corrected chi connectivity index (χ0v) is 18.0. The number of anilines is 2. The first-order chi connectivity index (χ1) is 14.9. The van der Waals surface area contributed by atoms with Crippen molar-refractivity contribution in [1.82, 2.24) is 5.32 Å². The molecule has 6 nitrogen and oxygen atoms in total. The second kappa shape index (κ2) is 8.47. The van der Waals surface area contributed by atoms with E-state index in [1.807, 2.05) is 0 Å². The lowest BCUT2D eigenvalue weighted by atomic mass is 10.1. The van der Waals surface area contributed by atoms with Gasteiger partial charge in [-0.25, -0.2) is 4.90 Å². The maximum Gasteiger partial charge on any atom is 0.268 e. The highest BCUT2D eigenvalue weighted by atomic mass is 35.5. The van der Waals surface area contributed by atoms with Crippen molar-refractivity contribution in [3.63, 3.8) is 0 Å². The van der Waals surface area contributed by atoms with Gasteiger partial charge in [0.1, 0.15) is 0 Å². The SMILES string of the molecule is O=C(NC(=S)Nc1cccc2c1C(=O)N(c1ccccc1)C2=O)c1ccc(Cl)c(Cl)c1. The van der Waals surface area contributed by atoms with Crippen molar-refractivity contribution < 1.29 is 14.4 Å². The first-order valence-electron chi connectivity index (χ1n) is 9.01. The lowest BCUT2D eigenvalue weighted by Crippen LogP contribution is -2.34. The number of hydrogen-bond acceptors (Lipinski definition) is 4. The monoisotopic (exact) mass is 469 g/mol. The Morgan fingerprint density at radius 1 is 0.871 bits per heavy atom. The van der Waals surface area contributed by atoms with Crippen LogP contribution in [0.3, 0.4) is 0 Å². The molecule has 3 aromatic carbocycles. The van der Waals surface area contributed by atoms with Gasteiger partial charge in [0, 0.05) is 5.56 Å².